The molecule has 2 aliphatic rings. The summed E-state index contributed by atoms with van der Waals surface area (Å²) in [7, 11) is 0. The van der Waals surface area contributed by atoms with Crippen molar-refractivity contribution in [2.45, 2.75) is 38.8 Å². The van der Waals surface area contributed by atoms with Gasteiger partial charge in [0.05, 0.1) is 6.54 Å². The van der Waals surface area contributed by atoms with Crippen molar-refractivity contribution in [2.75, 3.05) is 6.54 Å². The maximum atomic E-state index is 12.3. The van der Waals surface area contributed by atoms with E-state index in [1.165, 1.54) is 4.90 Å². The van der Waals surface area contributed by atoms with Gasteiger partial charge in [-0.25, -0.2) is 9.59 Å². The van der Waals surface area contributed by atoms with Gasteiger partial charge in [0.25, 0.3) is 0 Å². The van der Waals surface area contributed by atoms with Crippen LogP contribution in [0.2, 0.25) is 0 Å². The zero-order valence-electron chi connectivity index (χ0n) is 12.0. The van der Waals surface area contributed by atoms with E-state index in [-0.39, 0.29) is 18.5 Å². The van der Waals surface area contributed by atoms with Gasteiger partial charge in [0.1, 0.15) is 17.6 Å². The molecule has 114 valence electrons. The molecule has 3 unspecified atom stereocenters. The highest BCUT2D eigenvalue weighted by molar-refractivity contribution is 5.83. The molecule has 1 aliphatic carbocycles. The number of carboxylic acids is 1. The van der Waals surface area contributed by atoms with Crippen LogP contribution in [0.1, 0.15) is 30.8 Å². The Morgan fingerprint density at radius 1 is 1.43 bits per heavy atom. The second-order valence-corrected chi connectivity index (χ2v) is 5.96. The van der Waals surface area contributed by atoms with Crippen molar-refractivity contribution in [1.82, 2.24) is 10.2 Å². The van der Waals surface area contributed by atoms with E-state index < -0.39 is 12.0 Å². The molecule has 0 bridgehead atoms. The minimum absolute atomic E-state index is 0.110. The summed E-state index contributed by atoms with van der Waals surface area (Å²) in [6.45, 7) is 2.67. The predicted octanol–water partition coefficient (Wildman–Crippen LogP) is 1.98. The van der Waals surface area contributed by atoms with Gasteiger partial charge in [-0.15, -0.1) is 0 Å². The number of carbonyl (C=O) groups excluding carboxylic acids is 1. The Labute approximate surface area is 123 Å². The fraction of sp³-hybridized carbons (Fsp3) is 0.600. The Morgan fingerprint density at radius 3 is 2.90 bits per heavy atom. The van der Waals surface area contributed by atoms with Gasteiger partial charge < -0.3 is 19.7 Å². The Balaban J connectivity index is 1.64. The summed E-state index contributed by atoms with van der Waals surface area (Å²) in [6.07, 6.45) is 3.00. The number of nitrogens with zero attached hydrogens (tertiary/aromatic N) is 1. The van der Waals surface area contributed by atoms with Crippen LogP contribution < -0.4 is 5.32 Å². The van der Waals surface area contributed by atoms with Crippen LogP contribution in [0.3, 0.4) is 0 Å². The number of fused-ring (bicyclic) bond motifs is 1. The molecule has 1 aromatic heterocycles. The van der Waals surface area contributed by atoms with Gasteiger partial charge in [0.2, 0.25) is 0 Å². The number of aryl methyl sites for hydroxylation is 1. The average Bonchev–Trinajstić information content (AvgIpc) is 3.09. The van der Waals surface area contributed by atoms with Crippen molar-refractivity contribution in [1.29, 1.82) is 0 Å². The highest BCUT2D eigenvalue weighted by atomic mass is 16.4. The van der Waals surface area contributed by atoms with Gasteiger partial charge in [-0.05, 0) is 43.7 Å². The third kappa shape index (κ3) is 2.62. The van der Waals surface area contributed by atoms with Crippen molar-refractivity contribution in [2.24, 2.45) is 11.8 Å². The first-order valence-electron chi connectivity index (χ1n) is 7.39. The molecular weight excluding hydrogens is 272 g/mol. The molecule has 0 aromatic carbocycles. The summed E-state index contributed by atoms with van der Waals surface area (Å²) >= 11 is 0. The molecule has 1 aromatic rings. The zero-order chi connectivity index (χ0) is 15.0. The minimum Gasteiger partial charge on any atom is -0.480 e. The summed E-state index contributed by atoms with van der Waals surface area (Å²) < 4.78 is 5.40. The van der Waals surface area contributed by atoms with E-state index in [0.717, 1.165) is 25.0 Å². The molecule has 6 heteroatoms. The highest BCUT2D eigenvalue weighted by Crippen LogP contribution is 2.42. The van der Waals surface area contributed by atoms with Crippen LogP contribution >= 0.6 is 0 Å². The van der Waals surface area contributed by atoms with E-state index in [1.54, 1.807) is 0 Å². The standard InChI is InChI=1S/C15H20N2O4/c1-9-5-6-11(21-9)7-16-15(20)17-8-10-3-2-4-12(10)13(17)14(18)19/h5-6,10,12-13H,2-4,7-8H2,1H3,(H,16,20)(H,18,19). The van der Waals surface area contributed by atoms with Crippen molar-refractivity contribution < 1.29 is 19.1 Å². The number of furan rings is 1. The topological polar surface area (TPSA) is 82.8 Å². The van der Waals surface area contributed by atoms with Crippen molar-refractivity contribution >= 4 is 12.0 Å². The third-order valence-corrected chi connectivity index (χ3v) is 4.61. The van der Waals surface area contributed by atoms with Crippen LogP contribution in [0.5, 0.6) is 0 Å². The van der Waals surface area contributed by atoms with Gasteiger partial charge in [-0.1, -0.05) is 6.42 Å². The summed E-state index contributed by atoms with van der Waals surface area (Å²) in [5.74, 6) is 1.01. The fourth-order valence-corrected chi connectivity index (χ4v) is 3.68. The van der Waals surface area contributed by atoms with Crippen LogP contribution in [-0.2, 0) is 11.3 Å². The Bertz CT molecular complexity index is 554. The molecule has 0 radical (unpaired) electrons. The number of rotatable bonds is 3. The summed E-state index contributed by atoms with van der Waals surface area (Å²) in [5.41, 5.74) is 0. The van der Waals surface area contributed by atoms with E-state index in [2.05, 4.69) is 5.32 Å². The second-order valence-electron chi connectivity index (χ2n) is 5.96. The molecule has 1 saturated heterocycles. The molecular formula is C15H20N2O4. The Kier molecular flexibility index (Phi) is 3.61. The normalized spacial score (nSPS) is 27.7. The number of hydrogen-bond acceptors (Lipinski definition) is 3. The summed E-state index contributed by atoms with van der Waals surface area (Å²) in [4.78, 5) is 25.3. The Morgan fingerprint density at radius 2 is 2.24 bits per heavy atom. The lowest BCUT2D eigenvalue weighted by atomic mass is 9.94. The van der Waals surface area contributed by atoms with Crippen LogP contribution in [0.15, 0.2) is 16.5 Å². The maximum Gasteiger partial charge on any atom is 0.326 e. The number of aliphatic carboxylic acids is 1. The fourth-order valence-electron chi connectivity index (χ4n) is 3.68. The number of nitrogens with one attached hydrogen (secondary N) is 1. The first kappa shape index (κ1) is 14.0. The number of amides is 2. The number of carboxylic acid groups (broad SMARTS) is 1. The van der Waals surface area contributed by atoms with Crippen molar-refractivity contribution in [3.63, 3.8) is 0 Å². The number of hydrogen-bond donors (Lipinski definition) is 2. The smallest absolute Gasteiger partial charge is 0.326 e. The van der Waals surface area contributed by atoms with E-state index in [1.807, 2.05) is 19.1 Å². The zero-order valence-corrected chi connectivity index (χ0v) is 12.0. The van der Waals surface area contributed by atoms with E-state index in [9.17, 15) is 14.7 Å². The van der Waals surface area contributed by atoms with E-state index in [4.69, 9.17) is 4.42 Å². The second kappa shape index (κ2) is 5.42. The van der Waals surface area contributed by atoms with Gasteiger partial charge >= 0.3 is 12.0 Å². The first-order valence-corrected chi connectivity index (χ1v) is 7.39. The average molecular weight is 292 g/mol. The monoisotopic (exact) mass is 292 g/mol. The van der Waals surface area contributed by atoms with Gasteiger partial charge in [-0.2, -0.15) is 0 Å². The van der Waals surface area contributed by atoms with Crippen molar-refractivity contribution in [3.05, 3.63) is 23.7 Å². The molecule has 2 heterocycles. The summed E-state index contributed by atoms with van der Waals surface area (Å²) in [5, 5.41) is 12.2. The molecule has 2 fully saturated rings. The molecule has 2 amide bonds. The van der Waals surface area contributed by atoms with Crippen LogP contribution in [0, 0.1) is 18.8 Å². The minimum atomic E-state index is -0.895. The van der Waals surface area contributed by atoms with Gasteiger partial charge in [0, 0.05) is 6.54 Å². The van der Waals surface area contributed by atoms with E-state index in [0.29, 0.717) is 18.2 Å². The molecule has 3 rings (SSSR count). The lowest BCUT2D eigenvalue weighted by molar-refractivity contribution is -0.142. The van der Waals surface area contributed by atoms with Crippen LogP contribution in [-0.4, -0.2) is 34.6 Å². The highest BCUT2D eigenvalue weighted by Gasteiger charge is 2.49. The third-order valence-electron chi connectivity index (χ3n) is 4.61. The molecule has 1 aliphatic heterocycles. The van der Waals surface area contributed by atoms with Crippen LogP contribution in [0.4, 0.5) is 4.79 Å². The largest absolute Gasteiger partial charge is 0.480 e. The molecule has 1 saturated carbocycles. The van der Waals surface area contributed by atoms with Crippen molar-refractivity contribution in [3.8, 4) is 0 Å². The summed E-state index contributed by atoms with van der Waals surface area (Å²) in [6, 6.07) is 2.65. The Hall–Kier alpha value is -1.98. The van der Waals surface area contributed by atoms with Crippen LogP contribution in [0.25, 0.3) is 0 Å². The molecule has 6 nitrogen and oxygen atoms in total. The van der Waals surface area contributed by atoms with E-state index >= 15 is 0 Å². The number of carbonyl (C=O) groups is 2. The number of likely N-dealkylation sites (tertiary alicyclic amines) is 1. The van der Waals surface area contributed by atoms with Gasteiger partial charge in [0.15, 0.2) is 0 Å². The van der Waals surface area contributed by atoms with Gasteiger partial charge in [-0.3, -0.25) is 0 Å². The maximum absolute atomic E-state index is 12.3. The predicted molar refractivity (Wildman–Crippen MR) is 74.6 cm³/mol. The lowest BCUT2D eigenvalue weighted by Gasteiger charge is -2.24. The lowest BCUT2D eigenvalue weighted by Crippen LogP contribution is -2.47. The molecule has 3 atom stereocenters. The quantitative estimate of drug-likeness (QED) is 0.892. The molecule has 21 heavy (non-hydrogen) atoms. The SMILES string of the molecule is Cc1ccc(CNC(=O)N2CC3CCCC3C2C(=O)O)o1. The first-order chi connectivity index (χ1) is 10.1. The molecule has 2 N–H and O–H groups in total. The number of urea groups is 1. The molecule has 0 spiro atoms.